The minimum Gasteiger partial charge on any atom is -0.356 e. The molecule has 0 saturated heterocycles. The highest BCUT2D eigenvalue weighted by atomic mass is 35.5. The number of hydrogen-bond acceptors (Lipinski definition) is 3. The molecule has 3 rings (SSSR count). The van der Waals surface area contributed by atoms with Gasteiger partial charge in [0, 0.05) is 29.9 Å². The van der Waals surface area contributed by atoms with Crippen LogP contribution < -0.4 is 16.0 Å². The number of carbonyl (C=O) groups excluding carboxylic acids is 3. The first-order valence-electron chi connectivity index (χ1n) is 9.13. The Balaban J connectivity index is 1.44. The summed E-state index contributed by atoms with van der Waals surface area (Å²) in [5, 5.41) is 9.03. The van der Waals surface area contributed by atoms with Crippen molar-refractivity contribution in [3.63, 3.8) is 0 Å². The summed E-state index contributed by atoms with van der Waals surface area (Å²) in [7, 11) is 0. The second-order valence-corrected chi connectivity index (χ2v) is 7.31. The van der Waals surface area contributed by atoms with Gasteiger partial charge in [-0.25, -0.2) is 0 Å². The van der Waals surface area contributed by atoms with Crippen LogP contribution in [0.5, 0.6) is 0 Å². The standard InChI is InChI=1S/C21H22ClN3O3/c1-13(26)24-16-6-3-7-17(11-16)25-21(28)19-12-18(19)20(27)23-9-8-14-4-2-5-15(22)10-14/h2-7,10-11,18-19H,8-9,12H2,1H3,(H,23,27)(H,24,26)(H,25,28). The third-order valence-electron chi connectivity index (χ3n) is 4.52. The fraction of sp³-hybridized carbons (Fsp3) is 0.286. The van der Waals surface area contributed by atoms with E-state index in [1.165, 1.54) is 6.92 Å². The fourth-order valence-electron chi connectivity index (χ4n) is 3.04. The first-order valence-corrected chi connectivity index (χ1v) is 9.51. The van der Waals surface area contributed by atoms with Gasteiger partial charge in [-0.2, -0.15) is 0 Å². The lowest BCUT2D eigenvalue weighted by Crippen LogP contribution is -2.29. The monoisotopic (exact) mass is 399 g/mol. The molecule has 0 spiro atoms. The number of hydrogen-bond donors (Lipinski definition) is 3. The molecule has 6 nitrogen and oxygen atoms in total. The van der Waals surface area contributed by atoms with E-state index in [2.05, 4.69) is 16.0 Å². The van der Waals surface area contributed by atoms with Crippen LogP contribution in [-0.2, 0) is 20.8 Å². The van der Waals surface area contributed by atoms with Gasteiger partial charge in [-0.15, -0.1) is 0 Å². The van der Waals surface area contributed by atoms with Crippen LogP contribution in [0.3, 0.4) is 0 Å². The molecule has 1 fully saturated rings. The summed E-state index contributed by atoms with van der Waals surface area (Å²) in [5.41, 5.74) is 2.25. The number of amides is 3. The van der Waals surface area contributed by atoms with Gasteiger partial charge in [0.15, 0.2) is 0 Å². The summed E-state index contributed by atoms with van der Waals surface area (Å²) in [5.74, 6) is -1.09. The first-order chi connectivity index (χ1) is 13.4. The van der Waals surface area contributed by atoms with E-state index >= 15 is 0 Å². The Morgan fingerprint density at radius 1 is 0.964 bits per heavy atom. The SMILES string of the molecule is CC(=O)Nc1cccc(NC(=O)C2CC2C(=O)NCCc2cccc(Cl)c2)c1. The third kappa shape index (κ3) is 5.57. The van der Waals surface area contributed by atoms with Crippen LogP contribution in [0.2, 0.25) is 5.02 Å². The molecule has 1 saturated carbocycles. The average Bonchev–Trinajstić information content (AvgIpc) is 3.42. The Labute approximate surface area is 168 Å². The van der Waals surface area contributed by atoms with E-state index < -0.39 is 0 Å². The van der Waals surface area contributed by atoms with Crippen LogP contribution in [0.25, 0.3) is 0 Å². The van der Waals surface area contributed by atoms with Crippen molar-refractivity contribution in [2.24, 2.45) is 11.8 Å². The molecule has 28 heavy (non-hydrogen) atoms. The molecular formula is C21H22ClN3O3. The Bertz CT molecular complexity index is 900. The van der Waals surface area contributed by atoms with Gasteiger partial charge in [-0.05, 0) is 48.7 Å². The number of carbonyl (C=O) groups is 3. The van der Waals surface area contributed by atoms with Gasteiger partial charge in [0.25, 0.3) is 0 Å². The molecule has 0 bridgehead atoms. The van der Waals surface area contributed by atoms with Crippen molar-refractivity contribution < 1.29 is 14.4 Å². The zero-order valence-corrected chi connectivity index (χ0v) is 16.3. The largest absolute Gasteiger partial charge is 0.356 e. The van der Waals surface area contributed by atoms with Gasteiger partial charge < -0.3 is 16.0 Å². The molecule has 0 heterocycles. The summed E-state index contributed by atoms with van der Waals surface area (Å²) in [6.07, 6.45) is 1.23. The Morgan fingerprint density at radius 2 is 1.64 bits per heavy atom. The van der Waals surface area contributed by atoms with Crippen LogP contribution in [0.15, 0.2) is 48.5 Å². The fourth-order valence-corrected chi connectivity index (χ4v) is 3.25. The van der Waals surface area contributed by atoms with E-state index in [9.17, 15) is 14.4 Å². The molecule has 3 amide bonds. The van der Waals surface area contributed by atoms with Crippen molar-refractivity contribution in [3.8, 4) is 0 Å². The second kappa shape index (κ2) is 8.89. The van der Waals surface area contributed by atoms with E-state index in [1.54, 1.807) is 24.3 Å². The maximum absolute atomic E-state index is 12.4. The van der Waals surface area contributed by atoms with E-state index in [-0.39, 0.29) is 29.6 Å². The molecule has 1 aliphatic rings. The zero-order valence-electron chi connectivity index (χ0n) is 15.5. The summed E-state index contributed by atoms with van der Waals surface area (Å²) >= 11 is 5.95. The molecule has 2 aromatic carbocycles. The van der Waals surface area contributed by atoms with Crippen molar-refractivity contribution in [1.29, 1.82) is 0 Å². The van der Waals surface area contributed by atoms with E-state index in [1.807, 2.05) is 24.3 Å². The van der Waals surface area contributed by atoms with Crippen LogP contribution in [0.4, 0.5) is 11.4 Å². The van der Waals surface area contributed by atoms with Crippen molar-refractivity contribution in [2.75, 3.05) is 17.2 Å². The molecule has 146 valence electrons. The lowest BCUT2D eigenvalue weighted by Gasteiger charge is -2.08. The number of nitrogens with one attached hydrogen (secondary N) is 3. The van der Waals surface area contributed by atoms with Gasteiger partial charge >= 0.3 is 0 Å². The minimum absolute atomic E-state index is 0.103. The molecule has 2 aromatic rings. The van der Waals surface area contributed by atoms with Crippen LogP contribution in [-0.4, -0.2) is 24.3 Å². The molecular weight excluding hydrogens is 378 g/mol. The number of anilines is 2. The molecule has 0 aliphatic heterocycles. The number of halogens is 1. The molecule has 2 atom stereocenters. The van der Waals surface area contributed by atoms with Gasteiger partial charge in [0.1, 0.15) is 0 Å². The highest BCUT2D eigenvalue weighted by Crippen LogP contribution is 2.39. The second-order valence-electron chi connectivity index (χ2n) is 6.87. The molecule has 7 heteroatoms. The number of benzene rings is 2. The third-order valence-corrected chi connectivity index (χ3v) is 4.75. The Hall–Kier alpha value is -2.86. The van der Waals surface area contributed by atoms with E-state index in [0.717, 1.165) is 5.56 Å². The number of rotatable bonds is 7. The van der Waals surface area contributed by atoms with Crippen LogP contribution in [0.1, 0.15) is 18.9 Å². The van der Waals surface area contributed by atoms with Crippen molar-refractivity contribution in [1.82, 2.24) is 5.32 Å². The Kier molecular flexibility index (Phi) is 6.31. The molecule has 1 aliphatic carbocycles. The van der Waals surface area contributed by atoms with E-state index in [0.29, 0.717) is 35.8 Å². The highest BCUT2D eigenvalue weighted by Gasteiger charge is 2.47. The summed E-state index contributed by atoms with van der Waals surface area (Å²) < 4.78 is 0. The maximum atomic E-state index is 12.4. The predicted molar refractivity (Wildman–Crippen MR) is 109 cm³/mol. The zero-order chi connectivity index (χ0) is 20.1. The van der Waals surface area contributed by atoms with Crippen molar-refractivity contribution in [3.05, 3.63) is 59.1 Å². The lowest BCUT2D eigenvalue weighted by atomic mass is 10.1. The summed E-state index contributed by atoms with van der Waals surface area (Å²) in [6, 6.07) is 14.4. The normalized spacial score (nSPS) is 17.5. The van der Waals surface area contributed by atoms with Gasteiger partial charge in [-0.3, -0.25) is 14.4 Å². The summed E-state index contributed by atoms with van der Waals surface area (Å²) in [6.45, 7) is 1.92. The van der Waals surface area contributed by atoms with Gasteiger partial charge in [0.2, 0.25) is 17.7 Å². The summed E-state index contributed by atoms with van der Waals surface area (Å²) in [4.78, 5) is 35.7. The molecule has 0 radical (unpaired) electrons. The van der Waals surface area contributed by atoms with Crippen molar-refractivity contribution >= 4 is 40.7 Å². The molecule has 2 unspecified atom stereocenters. The van der Waals surface area contributed by atoms with Crippen LogP contribution >= 0.6 is 11.6 Å². The Morgan fingerprint density at radius 3 is 2.36 bits per heavy atom. The molecule has 3 N–H and O–H groups in total. The van der Waals surface area contributed by atoms with Gasteiger partial charge in [-0.1, -0.05) is 29.8 Å². The van der Waals surface area contributed by atoms with E-state index in [4.69, 9.17) is 11.6 Å². The quantitative estimate of drug-likeness (QED) is 0.668. The smallest absolute Gasteiger partial charge is 0.228 e. The maximum Gasteiger partial charge on any atom is 0.228 e. The van der Waals surface area contributed by atoms with Crippen LogP contribution in [0, 0.1) is 11.8 Å². The lowest BCUT2D eigenvalue weighted by molar-refractivity contribution is -0.125. The topological polar surface area (TPSA) is 87.3 Å². The molecule has 0 aromatic heterocycles. The van der Waals surface area contributed by atoms with Gasteiger partial charge in [0.05, 0.1) is 11.8 Å². The minimum atomic E-state index is -0.324. The first kappa shape index (κ1) is 19.9. The van der Waals surface area contributed by atoms with Crippen molar-refractivity contribution in [2.45, 2.75) is 19.8 Å². The predicted octanol–water partition coefficient (Wildman–Crippen LogP) is 3.23. The highest BCUT2D eigenvalue weighted by molar-refractivity contribution is 6.30. The average molecular weight is 400 g/mol.